The molecule has 1 aliphatic heterocycles. The second-order valence-electron chi connectivity index (χ2n) is 6.55. The molecule has 20 heavy (non-hydrogen) atoms. The first kappa shape index (κ1) is 15.7. The van der Waals surface area contributed by atoms with Crippen molar-refractivity contribution in [1.82, 2.24) is 15.1 Å². The molecule has 0 bridgehead atoms. The summed E-state index contributed by atoms with van der Waals surface area (Å²) in [5.74, 6) is 0.185. The Morgan fingerprint density at radius 1 is 1.20 bits per heavy atom. The molecule has 0 spiro atoms. The summed E-state index contributed by atoms with van der Waals surface area (Å²) in [7, 11) is 4.28. The molecule has 1 saturated heterocycles. The quantitative estimate of drug-likeness (QED) is 0.729. The predicted octanol–water partition coefficient (Wildman–Crippen LogP) is 0.256. The maximum Gasteiger partial charge on any atom is 0.224 e. The van der Waals surface area contributed by atoms with E-state index in [2.05, 4.69) is 29.2 Å². The van der Waals surface area contributed by atoms with Crippen LogP contribution in [-0.2, 0) is 4.79 Å². The first-order valence-electron chi connectivity index (χ1n) is 8.00. The topological polar surface area (TPSA) is 61.6 Å². The molecule has 3 N–H and O–H groups in total. The fourth-order valence-electron chi connectivity index (χ4n) is 3.33. The number of hydrogen-bond acceptors (Lipinski definition) is 4. The summed E-state index contributed by atoms with van der Waals surface area (Å²) >= 11 is 0. The molecule has 5 nitrogen and oxygen atoms in total. The van der Waals surface area contributed by atoms with Crippen molar-refractivity contribution in [2.75, 3.05) is 40.3 Å². The van der Waals surface area contributed by atoms with E-state index < -0.39 is 0 Å². The molecule has 1 aliphatic carbocycles. The molecule has 2 fully saturated rings. The molecule has 3 atom stereocenters. The van der Waals surface area contributed by atoms with E-state index in [1.165, 1.54) is 12.8 Å². The van der Waals surface area contributed by atoms with Gasteiger partial charge < -0.3 is 16.0 Å². The largest absolute Gasteiger partial charge is 0.354 e. The minimum Gasteiger partial charge on any atom is -0.354 e. The van der Waals surface area contributed by atoms with Gasteiger partial charge in [-0.15, -0.1) is 0 Å². The maximum absolute atomic E-state index is 12.4. The van der Waals surface area contributed by atoms with Crippen molar-refractivity contribution in [1.29, 1.82) is 0 Å². The molecule has 5 heteroatoms. The van der Waals surface area contributed by atoms with Crippen molar-refractivity contribution in [3.8, 4) is 0 Å². The van der Waals surface area contributed by atoms with Crippen molar-refractivity contribution in [3.05, 3.63) is 0 Å². The van der Waals surface area contributed by atoms with Crippen LogP contribution in [0.4, 0.5) is 0 Å². The average Bonchev–Trinajstić information content (AvgIpc) is 2.64. The normalized spacial score (nSPS) is 33.6. The van der Waals surface area contributed by atoms with E-state index in [0.717, 1.165) is 45.4 Å². The number of carbonyl (C=O) groups excluding carboxylic acids is 1. The van der Waals surface area contributed by atoms with Crippen molar-refractivity contribution in [2.45, 2.75) is 44.2 Å². The molecule has 2 rings (SSSR count). The maximum atomic E-state index is 12.4. The molecule has 0 aromatic heterocycles. The first-order chi connectivity index (χ1) is 9.58. The van der Waals surface area contributed by atoms with Gasteiger partial charge in [-0.2, -0.15) is 0 Å². The van der Waals surface area contributed by atoms with Crippen LogP contribution in [0.5, 0.6) is 0 Å². The van der Waals surface area contributed by atoms with Crippen LogP contribution >= 0.6 is 0 Å². The molecule has 0 aromatic rings. The Hall–Kier alpha value is -0.650. The number of nitrogens with zero attached hydrogens (tertiary/aromatic N) is 2. The molecule has 2 aliphatic rings. The van der Waals surface area contributed by atoms with Crippen LogP contribution < -0.4 is 11.1 Å². The second-order valence-corrected chi connectivity index (χ2v) is 6.55. The number of carbonyl (C=O) groups is 1. The standard InChI is InChI=1S/C15H30N4O/c1-18-8-9-19(2)12(11-18)10-17-15(20)13-6-4-3-5-7-14(13)16/h12-14H,3-11,16H2,1-2H3,(H,17,20). The van der Waals surface area contributed by atoms with E-state index in [4.69, 9.17) is 5.73 Å². The Balaban J connectivity index is 1.81. The Morgan fingerprint density at radius 2 is 1.95 bits per heavy atom. The highest BCUT2D eigenvalue weighted by molar-refractivity contribution is 5.79. The molecule has 1 amide bonds. The van der Waals surface area contributed by atoms with Crippen molar-refractivity contribution >= 4 is 5.91 Å². The van der Waals surface area contributed by atoms with Gasteiger partial charge in [0.05, 0.1) is 5.92 Å². The van der Waals surface area contributed by atoms with E-state index in [9.17, 15) is 4.79 Å². The summed E-state index contributed by atoms with van der Waals surface area (Å²) in [5.41, 5.74) is 6.16. The number of hydrogen-bond donors (Lipinski definition) is 2. The smallest absolute Gasteiger partial charge is 0.224 e. The number of amides is 1. The third-order valence-electron chi connectivity index (χ3n) is 4.90. The molecular formula is C15H30N4O. The molecule has 0 radical (unpaired) electrons. The zero-order valence-electron chi connectivity index (χ0n) is 13.0. The van der Waals surface area contributed by atoms with Crippen molar-refractivity contribution < 1.29 is 4.79 Å². The van der Waals surface area contributed by atoms with E-state index >= 15 is 0 Å². The van der Waals surface area contributed by atoms with Gasteiger partial charge >= 0.3 is 0 Å². The highest BCUT2D eigenvalue weighted by Gasteiger charge is 2.28. The number of nitrogens with one attached hydrogen (secondary N) is 1. The molecule has 1 heterocycles. The molecule has 116 valence electrons. The van der Waals surface area contributed by atoms with Crippen molar-refractivity contribution in [3.63, 3.8) is 0 Å². The fraction of sp³-hybridized carbons (Fsp3) is 0.933. The third kappa shape index (κ3) is 4.17. The SMILES string of the molecule is CN1CCN(C)C(CNC(=O)C2CCCCCC2N)C1. The lowest BCUT2D eigenvalue weighted by Gasteiger charge is -2.38. The van der Waals surface area contributed by atoms with Crippen LogP contribution in [0.2, 0.25) is 0 Å². The fourth-order valence-corrected chi connectivity index (χ4v) is 3.33. The number of piperazine rings is 1. The zero-order chi connectivity index (χ0) is 14.5. The van der Waals surface area contributed by atoms with Crippen LogP contribution in [0.15, 0.2) is 0 Å². The van der Waals surface area contributed by atoms with Crippen LogP contribution in [-0.4, -0.2) is 68.1 Å². The van der Waals surface area contributed by atoms with Gasteiger partial charge in [0.15, 0.2) is 0 Å². The summed E-state index contributed by atoms with van der Waals surface area (Å²) in [6, 6.07) is 0.462. The van der Waals surface area contributed by atoms with Gasteiger partial charge in [0, 0.05) is 38.3 Å². The zero-order valence-corrected chi connectivity index (χ0v) is 13.0. The van der Waals surface area contributed by atoms with Gasteiger partial charge in [0.1, 0.15) is 0 Å². The van der Waals surface area contributed by atoms with E-state index in [1.807, 2.05) is 0 Å². The minimum atomic E-state index is 0.0177. The summed E-state index contributed by atoms with van der Waals surface area (Å²) in [5, 5.41) is 3.14. The van der Waals surface area contributed by atoms with E-state index in [1.54, 1.807) is 0 Å². The van der Waals surface area contributed by atoms with Crippen molar-refractivity contribution in [2.24, 2.45) is 11.7 Å². The van der Waals surface area contributed by atoms with Gasteiger partial charge in [-0.05, 0) is 26.9 Å². The van der Waals surface area contributed by atoms with Crippen LogP contribution in [0, 0.1) is 5.92 Å². The number of likely N-dealkylation sites (N-methyl/N-ethyl adjacent to an activating group) is 2. The summed E-state index contributed by atoms with van der Waals surface area (Å²) < 4.78 is 0. The lowest BCUT2D eigenvalue weighted by atomic mass is 9.94. The first-order valence-corrected chi connectivity index (χ1v) is 8.00. The molecular weight excluding hydrogens is 252 g/mol. The highest BCUT2D eigenvalue weighted by atomic mass is 16.1. The van der Waals surface area contributed by atoms with E-state index in [-0.39, 0.29) is 17.9 Å². The van der Waals surface area contributed by atoms with Gasteiger partial charge in [-0.25, -0.2) is 0 Å². The average molecular weight is 282 g/mol. The van der Waals surface area contributed by atoms with Gasteiger partial charge in [-0.1, -0.05) is 19.3 Å². The summed E-state index contributed by atoms with van der Waals surface area (Å²) in [6.45, 7) is 3.94. The monoisotopic (exact) mass is 282 g/mol. The van der Waals surface area contributed by atoms with Gasteiger partial charge in [-0.3, -0.25) is 9.69 Å². The summed E-state index contributed by atoms with van der Waals surface area (Å²) in [4.78, 5) is 17.0. The second kappa shape index (κ2) is 7.38. The van der Waals surface area contributed by atoms with Gasteiger partial charge in [0.25, 0.3) is 0 Å². The molecule has 0 aromatic carbocycles. The lowest BCUT2D eigenvalue weighted by molar-refractivity contribution is -0.126. The lowest BCUT2D eigenvalue weighted by Crippen LogP contribution is -2.55. The predicted molar refractivity (Wildman–Crippen MR) is 81.5 cm³/mol. The Morgan fingerprint density at radius 3 is 2.75 bits per heavy atom. The van der Waals surface area contributed by atoms with Crippen LogP contribution in [0.3, 0.4) is 0 Å². The summed E-state index contributed by atoms with van der Waals surface area (Å²) in [6.07, 6.45) is 5.46. The molecule has 1 saturated carbocycles. The van der Waals surface area contributed by atoms with E-state index in [0.29, 0.717) is 6.04 Å². The third-order valence-corrected chi connectivity index (χ3v) is 4.90. The minimum absolute atomic E-state index is 0.0177. The number of nitrogens with two attached hydrogens (primary N) is 1. The van der Waals surface area contributed by atoms with Gasteiger partial charge in [0.2, 0.25) is 5.91 Å². The number of rotatable bonds is 3. The van der Waals surface area contributed by atoms with Crippen LogP contribution in [0.1, 0.15) is 32.1 Å². The van der Waals surface area contributed by atoms with Crippen LogP contribution in [0.25, 0.3) is 0 Å². The highest BCUT2D eigenvalue weighted by Crippen LogP contribution is 2.22. The molecule has 3 unspecified atom stereocenters. The Labute approximate surface area is 122 Å². The Bertz CT molecular complexity index is 323. The Kier molecular flexibility index (Phi) is 5.81.